The molecule has 4 rings (SSSR count). The van der Waals surface area contributed by atoms with Crippen molar-refractivity contribution in [2.24, 2.45) is 5.92 Å². The van der Waals surface area contributed by atoms with Gasteiger partial charge in [-0.1, -0.05) is 29.8 Å². The highest BCUT2D eigenvalue weighted by Gasteiger charge is 2.33. The van der Waals surface area contributed by atoms with Gasteiger partial charge in [0.2, 0.25) is 15.9 Å². The Kier molecular flexibility index (Phi) is 5.60. The van der Waals surface area contributed by atoms with Gasteiger partial charge in [-0.3, -0.25) is 4.79 Å². The summed E-state index contributed by atoms with van der Waals surface area (Å²) in [4.78, 5) is 14.8. The number of nitrogens with zero attached hydrogens (tertiary/aromatic N) is 2. The van der Waals surface area contributed by atoms with Crippen molar-refractivity contribution in [1.29, 1.82) is 0 Å². The van der Waals surface area contributed by atoms with Crippen LogP contribution in [0.5, 0.6) is 0 Å². The number of hydrogen-bond donors (Lipinski definition) is 1. The molecule has 2 fully saturated rings. The van der Waals surface area contributed by atoms with Crippen LogP contribution in [0.3, 0.4) is 0 Å². The van der Waals surface area contributed by atoms with E-state index in [2.05, 4.69) is 5.32 Å². The predicted octanol–water partition coefficient (Wildman–Crippen LogP) is 2.33. The molecule has 0 unspecified atom stereocenters. The van der Waals surface area contributed by atoms with Gasteiger partial charge >= 0.3 is 0 Å². The third-order valence-electron chi connectivity index (χ3n) is 5.66. The molecule has 0 aliphatic carbocycles. The summed E-state index contributed by atoms with van der Waals surface area (Å²) >= 11 is 6.04. The number of hydrogen-bond acceptors (Lipinski definition) is 4. The van der Waals surface area contributed by atoms with Crippen molar-refractivity contribution < 1.29 is 13.2 Å². The SMILES string of the molecule is O=C(C1CCNCC1)N1CCN(S(=O)(=O)c2cccc3cc(Cl)ccc23)CC1. The molecule has 1 N–H and O–H groups in total. The van der Waals surface area contributed by atoms with Gasteiger partial charge in [0.25, 0.3) is 0 Å². The number of carbonyl (C=O) groups is 1. The molecule has 2 aromatic carbocycles. The molecule has 2 heterocycles. The number of fused-ring (bicyclic) bond motifs is 1. The maximum absolute atomic E-state index is 13.2. The number of piperazine rings is 1. The van der Waals surface area contributed by atoms with Crippen molar-refractivity contribution in [1.82, 2.24) is 14.5 Å². The van der Waals surface area contributed by atoms with Gasteiger partial charge in [0, 0.05) is 42.5 Å². The van der Waals surface area contributed by atoms with E-state index in [0.717, 1.165) is 31.3 Å². The molecule has 1 amide bonds. The molecule has 2 aliphatic rings. The predicted molar refractivity (Wildman–Crippen MR) is 110 cm³/mol. The second-order valence-corrected chi connectivity index (χ2v) is 9.72. The van der Waals surface area contributed by atoms with Crippen LogP contribution in [-0.4, -0.2) is 62.8 Å². The first kappa shape index (κ1) is 19.6. The number of halogens is 1. The third-order valence-corrected chi connectivity index (χ3v) is 7.85. The summed E-state index contributed by atoms with van der Waals surface area (Å²) in [6.45, 7) is 3.27. The zero-order chi connectivity index (χ0) is 19.7. The van der Waals surface area contributed by atoms with Gasteiger partial charge in [-0.15, -0.1) is 0 Å². The van der Waals surface area contributed by atoms with E-state index in [1.165, 1.54) is 4.31 Å². The average molecular weight is 422 g/mol. The van der Waals surface area contributed by atoms with Crippen LogP contribution < -0.4 is 5.32 Å². The summed E-state index contributed by atoms with van der Waals surface area (Å²) in [6, 6.07) is 10.5. The molecule has 28 heavy (non-hydrogen) atoms. The van der Waals surface area contributed by atoms with E-state index in [1.54, 1.807) is 30.3 Å². The molecule has 0 spiro atoms. The summed E-state index contributed by atoms with van der Waals surface area (Å²) in [7, 11) is -3.63. The number of sulfonamides is 1. The Labute approximate surface area is 170 Å². The lowest BCUT2D eigenvalue weighted by Crippen LogP contribution is -2.52. The van der Waals surface area contributed by atoms with Gasteiger partial charge in [0.05, 0.1) is 4.90 Å². The quantitative estimate of drug-likeness (QED) is 0.825. The molecular formula is C20H24ClN3O3S. The van der Waals surface area contributed by atoms with Gasteiger partial charge in [0.15, 0.2) is 0 Å². The number of carbonyl (C=O) groups excluding carboxylic acids is 1. The first-order valence-electron chi connectivity index (χ1n) is 9.65. The summed E-state index contributed by atoms with van der Waals surface area (Å²) < 4.78 is 28.0. The lowest BCUT2D eigenvalue weighted by Gasteiger charge is -2.36. The normalized spacial score (nSPS) is 19.8. The number of nitrogens with one attached hydrogen (secondary N) is 1. The lowest BCUT2D eigenvalue weighted by molar-refractivity contribution is -0.137. The summed E-state index contributed by atoms with van der Waals surface area (Å²) in [5.41, 5.74) is 0. The largest absolute Gasteiger partial charge is 0.340 e. The minimum absolute atomic E-state index is 0.0622. The smallest absolute Gasteiger partial charge is 0.243 e. The van der Waals surface area contributed by atoms with Gasteiger partial charge in [0.1, 0.15) is 0 Å². The zero-order valence-corrected chi connectivity index (χ0v) is 17.2. The molecule has 2 saturated heterocycles. The van der Waals surface area contributed by atoms with Crippen molar-refractivity contribution in [3.05, 3.63) is 41.4 Å². The number of piperidine rings is 1. The van der Waals surface area contributed by atoms with Crippen molar-refractivity contribution in [3.63, 3.8) is 0 Å². The summed E-state index contributed by atoms with van der Waals surface area (Å²) in [5.74, 6) is 0.227. The molecule has 6 nitrogen and oxygen atoms in total. The maximum Gasteiger partial charge on any atom is 0.243 e. The van der Waals surface area contributed by atoms with E-state index in [0.29, 0.717) is 41.5 Å². The monoisotopic (exact) mass is 421 g/mol. The van der Waals surface area contributed by atoms with Crippen LogP contribution in [0.15, 0.2) is 41.3 Å². The fourth-order valence-electron chi connectivity index (χ4n) is 4.06. The minimum atomic E-state index is -3.63. The first-order valence-corrected chi connectivity index (χ1v) is 11.5. The first-order chi connectivity index (χ1) is 13.5. The molecule has 0 atom stereocenters. The molecule has 150 valence electrons. The number of benzene rings is 2. The highest BCUT2D eigenvalue weighted by Crippen LogP contribution is 2.28. The van der Waals surface area contributed by atoms with Crippen LogP contribution in [0.1, 0.15) is 12.8 Å². The Hall–Kier alpha value is -1.67. The molecular weight excluding hydrogens is 398 g/mol. The van der Waals surface area contributed by atoms with Crippen LogP contribution in [0, 0.1) is 5.92 Å². The Balaban J connectivity index is 1.50. The molecule has 0 aromatic heterocycles. The van der Waals surface area contributed by atoms with Gasteiger partial charge in [-0.2, -0.15) is 4.31 Å². The fourth-order valence-corrected chi connectivity index (χ4v) is 5.88. The van der Waals surface area contributed by atoms with Gasteiger partial charge in [-0.25, -0.2) is 8.42 Å². The molecule has 8 heteroatoms. The van der Waals surface area contributed by atoms with Crippen molar-refractivity contribution in [2.45, 2.75) is 17.7 Å². The molecule has 2 aromatic rings. The van der Waals surface area contributed by atoms with E-state index >= 15 is 0 Å². The van der Waals surface area contributed by atoms with Crippen LogP contribution in [0.2, 0.25) is 5.02 Å². The van der Waals surface area contributed by atoms with E-state index < -0.39 is 10.0 Å². The van der Waals surface area contributed by atoms with Crippen LogP contribution in [0.4, 0.5) is 0 Å². The zero-order valence-electron chi connectivity index (χ0n) is 15.6. The standard InChI is InChI=1S/C20H24ClN3O3S/c21-17-4-5-18-16(14-17)2-1-3-19(18)28(26,27)24-12-10-23(11-13-24)20(25)15-6-8-22-9-7-15/h1-5,14-15,22H,6-13H2. The van der Waals surface area contributed by atoms with Crippen LogP contribution in [-0.2, 0) is 14.8 Å². The third kappa shape index (κ3) is 3.76. The lowest BCUT2D eigenvalue weighted by atomic mass is 9.96. The van der Waals surface area contributed by atoms with Gasteiger partial charge in [-0.05, 0) is 49.5 Å². The Morgan fingerprint density at radius 2 is 1.75 bits per heavy atom. The Morgan fingerprint density at radius 3 is 2.46 bits per heavy atom. The average Bonchev–Trinajstić information content (AvgIpc) is 2.73. The highest BCUT2D eigenvalue weighted by molar-refractivity contribution is 7.89. The van der Waals surface area contributed by atoms with E-state index in [-0.39, 0.29) is 11.8 Å². The van der Waals surface area contributed by atoms with Crippen molar-refractivity contribution >= 4 is 38.3 Å². The second kappa shape index (κ2) is 7.99. The van der Waals surface area contributed by atoms with E-state index in [4.69, 9.17) is 11.6 Å². The minimum Gasteiger partial charge on any atom is -0.340 e. The van der Waals surface area contributed by atoms with E-state index in [1.807, 2.05) is 11.0 Å². The Morgan fingerprint density at radius 1 is 1.04 bits per heavy atom. The molecule has 0 saturated carbocycles. The summed E-state index contributed by atoms with van der Waals surface area (Å²) in [6.07, 6.45) is 1.71. The van der Waals surface area contributed by atoms with Gasteiger partial charge < -0.3 is 10.2 Å². The number of amides is 1. The fraction of sp³-hybridized carbons (Fsp3) is 0.450. The Bertz CT molecular complexity index is 981. The van der Waals surface area contributed by atoms with Crippen molar-refractivity contribution in [2.75, 3.05) is 39.3 Å². The van der Waals surface area contributed by atoms with E-state index in [9.17, 15) is 13.2 Å². The molecule has 2 aliphatic heterocycles. The van der Waals surface area contributed by atoms with Crippen LogP contribution >= 0.6 is 11.6 Å². The second-order valence-electron chi connectivity index (χ2n) is 7.38. The maximum atomic E-state index is 13.2. The highest BCUT2D eigenvalue weighted by atomic mass is 35.5. The summed E-state index contributed by atoms with van der Waals surface area (Å²) in [5, 5.41) is 5.31. The topological polar surface area (TPSA) is 69.7 Å². The molecule has 0 radical (unpaired) electrons. The van der Waals surface area contributed by atoms with Crippen LogP contribution in [0.25, 0.3) is 10.8 Å². The number of rotatable bonds is 3. The van der Waals surface area contributed by atoms with Crippen molar-refractivity contribution in [3.8, 4) is 0 Å². The molecule has 0 bridgehead atoms.